The lowest BCUT2D eigenvalue weighted by Gasteiger charge is -2.25. The van der Waals surface area contributed by atoms with Crippen LogP contribution >= 0.6 is 0 Å². The monoisotopic (exact) mass is 438 g/mol. The summed E-state index contributed by atoms with van der Waals surface area (Å²) in [7, 11) is 3.17. The van der Waals surface area contributed by atoms with Gasteiger partial charge in [-0.3, -0.25) is 4.79 Å². The fraction of sp³-hybridized carbons (Fsp3) is 0.400. The lowest BCUT2D eigenvalue weighted by molar-refractivity contribution is -0.158. The molecular weight excluding hydrogens is 408 g/mol. The maximum absolute atomic E-state index is 12.6. The summed E-state index contributed by atoms with van der Waals surface area (Å²) in [6.45, 7) is 5.29. The first kappa shape index (κ1) is 23.3. The lowest BCUT2D eigenvalue weighted by atomic mass is 9.98. The summed E-state index contributed by atoms with van der Waals surface area (Å²) in [5, 5.41) is 2.51. The summed E-state index contributed by atoms with van der Waals surface area (Å²) in [6.07, 6.45) is -0.985. The van der Waals surface area contributed by atoms with Gasteiger partial charge in [0.25, 0.3) is 0 Å². The molecule has 1 unspecified atom stereocenters. The number of nitrogens with zero attached hydrogens (tertiary/aromatic N) is 1. The molecule has 2 aromatic carbocycles. The molecule has 32 heavy (non-hydrogen) atoms. The van der Waals surface area contributed by atoms with Crippen molar-refractivity contribution in [3.8, 4) is 11.1 Å². The van der Waals surface area contributed by atoms with E-state index in [1.165, 1.54) is 4.90 Å². The van der Waals surface area contributed by atoms with Crippen LogP contribution in [0.15, 0.2) is 48.5 Å². The molecule has 0 heterocycles. The van der Waals surface area contributed by atoms with E-state index in [0.29, 0.717) is 0 Å². The SMILES string of the molecule is CN(C)C(=O)CC(NC(=O)OCC1c2ccccc2-c2ccccc21)C(=O)OC(C)(C)C. The van der Waals surface area contributed by atoms with E-state index in [1.807, 2.05) is 36.4 Å². The van der Waals surface area contributed by atoms with Crippen LogP contribution in [0.1, 0.15) is 44.2 Å². The molecule has 0 bridgehead atoms. The molecule has 0 radical (unpaired) electrons. The highest BCUT2D eigenvalue weighted by Crippen LogP contribution is 2.44. The molecule has 0 saturated heterocycles. The Balaban J connectivity index is 1.70. The molecule has 1 atom stereocenters. The number of rotatable bonds is 6. The fourth-order valence-electron chi connectivity index (χ4n) is 3.71. The Morgan fingerprint density at radius 2 is 1.50 bits per heavy atom. The normalized spacial score (nSPS) is 13.5. The summed E-state index contributed by atoms with van der Waals surface area (Å²) in [5.41, 5.74) is 3.68. The third-order valence-corrected chi connectivity index (χ3v) is 5.20. The average molecular weight is 439 g/mol. The lowest BCUT2D eigenvalue weighted by Crippen LogP contribution is -2.47. The van der Waals surface area contributed by atoms with Crippen LogP contribution in [-0.2, 0) is 19.1 Å². The number of esters is 1. The van der Waals surface area contributed by atoms with Crippen molar-refractivity contribution >= 4 is 18.0 Å². The van der Waals surface area contributed by atoms with Crippen LogP contribution in [0.3, 0.4) is 0 Å². The molecule has 1 aliphatic carbocycles. The standard InChI is InChI=1S/C25H30N2O5/c1-25(2,3)32-23(29)21(14-22(28)27(4)5)26-24(30)31-15-20-18-12-8-6-10-16(18)17-11-7-9-13-19(17)20/h6-13,20-21H,14-15H2,1-5H3,(H,26,30). The van der Waals surface area contributed by atoms with Gasteiger partial charge >= 0.3 is 12.1 Å². The maximum atomic E-state index is 12.6. The van der Waals surface area contributed by atoms with Crippen molar-refractivity contribution < 1.29 is 23.9 Å². The van der Waals surface area contributed by atoms with E-state index in [4.69, 9.17) is 9.47 Å². The van der Waals surface area contributed by atoms with Gasteiger partial charge in [-0.25, -0.2) is 9.59 Å². The van der Waals surface area contributed by atoms with Crippen LogP contribution < -0.4 is 5.32 Å². The highest BCUT2D eigenvalue weighted by atomic mass is 16.6. The smallest absolute Gasteiger partial charge is 0.407 e. The van der Waals surface area contributed by atoms with Gasteiger partial charge in [0, 0.05) is 20.0 Å². The molecule has 1 aliphatic rings. The Morgan fingerprint density at radius 1 is 0.969 bits per heavy atom. The van der Waals surface area contributed by atoms with Crippen molar-refractivity contribution in [1.29, 1.82) is 0 Å². The quantitative estimate of drug-likeness (QED) is 0.695. The van der Waals surface area contributed by atoms with Crippen LogP contribution in [0.25, 0.3) is 11.1 Å². The van der Waals surface area contributed by atoms with Gasteiger partial charge in [-0.2, -0.15) is 0 Å². The number of nitrogens with one attached hydrogen (secondary N) is 1. The third kappa shape index (κ3) is 5.46. The number of benzene rings is 2. The van der Waals surface area contributed by atoms with Crippen LogP contribution in [0, 0.1) is 0 Å². The highest BCUT2D eigenvalue weighted by molar-refractivity contribution is 5.88. The molecule has 0 spiro atoms. The molecule has 0 aromatic heterocycles. The summed E-state index contributed by atoms with van der Waals surface area (Å²) in [5.74, 6) is -1.09. The molecule has 0 saturated carbocycles. The summed E-state index contributed by atoms with van der Waals surface area (Å²) < 4.78 is 10.9. The van der Waals surface area contributed by atoms with Crippen LogP contribution in [0.2, 0.25) is 0 Å². The minimum Gasteiger partial charge on any atom is -0.458 e. The first-order chi connectivity index (χ1) is 15.1. The van der Waals surface area contributed by atoms with E-state index < -0.39 is 23.7 Å². The predicted octanol–water partition coefficient (Wildman–Crippen LogP) is 3.71. The Labute approximate surface area is 188 Å². The van der Waals surface area contributed by atoms with Crippen molar-refractivity contribution in [2.75, 3.05) is 20.7 Å². The zero-order chi connectivity index (χ0) is 23.5. The Bertz CT molecular complexity index is 964. The zero-order valence-corrected chi connectivity index (χ0v) is 19.2. The van der Waals surface area contributed by atoms with Crippen LogP contribution in [-0.4, -0.2) is 55.2 Å². The molecule has 0 fully saturated rings. The molecule has 2 aromatic rings. The van der Waals surface area contributed by atoms with Gasteiger partial charge in [-0.05, 0) is 43.0 Å². The van der Waals surface area contributed by atoms with Crippen molar-refractivity contribution in [2.45, 2.75) is 44.8 Å². The number of alkyl carbamates (subject to hydrolysis) is 1. The second-order valence-corrected chi connectivity index (χ2v) is 9.05. The second kappa shape index (κ2) is 9.42. The van der Waals surface area contributed by atoms with E-state index >= 15 is 0 Å². The van der Waals surface area contributed by atoms with E-state index in [2.05, 4.69) is 17.4 Å². The minimum absolute atomic E-state index is 0.100. The second-order valence-electron chi connectivity index (χ2n) is 9.05. The number of hydrogen-bond acceptors (Lipinski definition) is 5. The third-order valence-electron chi connectivity index (χ3n) is 5.20. The number of ether oxygens (including phenoxy) is 2. The van der Waals surface area contributed by atoms with E-state index in [-0.39, 0.29) is 24.9 Å². The van der Waals surface area contributed by atoms with Gasteiger partial charge in [-0.15, -0.1) is 0 Å². The Morgan fingerprint density at radius 3 is 2.00 bits per heavy atom. The minimum atomic E-state index is -1.14. The molecular formula is C25H30N2O5. The first-order valence-corrected chi connectivity index (χ1v) is 10.6. The largest absolute Gasteiger partial charge is 0.458 e. The number of amides is 2. The molecule has 7 heteroatoms. The Hall–Kier alpha value is -3.35. The van der Waals surface area contributed by atoms with Crippen molar-refractivity contribution in [1.82, 2.24) is 10.2 Å². The molecule has 0 aliphatic heterocycles. The summed E-state index contributed by atoms with van der Waals surface area (Å²) in [6, 6.07) is 14.9. The van der Waals surface area contributed by atoms with Crippen LogP contribution in [0.5, 0.6) is 0 Å². The van der Waals surface area contributed by atoms with Gasteiger partial charge in [0.15, 0.2) is 0 Å². The van der Waals surface area contributed by atoms with Crippen molar-refractivity contribution in [3.05, 3.63) is 59.7 Å². The average Bonchev–Trinajstić information content (AvgIpc) is 3.04. The molecule has 1 N–H and O–H groups in total. The zero-order valence-electron chi connectivity index (χ0n) is 19.2. The van der Waals surface area contributed by atoms with Crippen molar-refractivity contribution in [3.63, 3.8) is 0 Å². The number of carbonyl (C=O) groups excluding carboxylic acids is 3. The van der Waals surface area contributed by atoms with Gasteiger partial charge in [0.1, 0.15) is 18.2 Å². The Kier molecular flexibility index (Phi) is 6.87. The van der Waals surface area contributed by atoms with E-state index in [9.17, 15) is 14.4 Å². The molecule has 3 rings (SSSR count). The van der Waals surface area contributed by atoms with E-state index in [0.717, 1.165) is 22.3 Å². The number of hydrogen-bond donors (Lipinski definition) is 1. The summed E-state index contributed by atoms with van der Waals surface area (Å²) >= 11 is 0. The number of fused-ring (bicyclic) bond motifs is 3. The molecule has 2 amide bonds. The van der Waals surface area contributed by atoms with Gasteiger partial charge in [0.05, 0.1) is 6.42 Å². The highest BCUT2D eigenvalue weighted by Gasteiger charge is 2.32. The number of carbonyl (C=O) groups is 3. The molecule has 170 valence electrons. The summed E-state index contributed by atoms with van der Waals surface area (Å²) in [4.78, 5) is 38.7. The fourth-order valence-corrected chi connectivity index (χ4v) is 3.71. The predicted molar refractivity (Wildman–Crippen MR) is 121 cm³/mol. The first-order valence-electron chi connectivity index (χ1n) is 10.6. The van der Waals surface area contributed by atoms with Crippen LogP contribution in [0.4, 0.5) is 4.79 Å². The van der Waals surface area contributed by atoms with Crippen molar-refractivity contribution in [2.24, 2.45) is 0 Å². The van der Waals surface area contributed by atoms with E-state index in [1.54, 1.807) is 34.9 Å². The topological polar surface area (TPSA) is 84.9 Å². The molecule has 7 nitrogen and oxygen atoms in total. The van der Waals surface area contributed by atoms with Gasteiger partial charge in [-0.1, -0.05) is 48.5 Å². The van der Waals surface area contributed by atoms with Gasteiger partial charge < -0.3 is 19.7 Å². The maximum Gasteiger partial charge on any atom is 0.407 e. The van der Waals surface area contributed by atoms with Gasteiger partial charge in [0.2, 0.25) is 5.91 Å².